The normalized spacial score (nSPS) is 12.3. The Bertz CT molecular complexity index is 3670. The van der Waals surface area contributed by atoms with Crippen molar-refractivity contribution in [2.75, 3.05) is 40.3 Å². The van der Waals surface area contributed by atoms with E-state index in [2.05, 4.69) is 62.5 Å². The van der Waals surface area contributed by atoms with E-state index in [-0.39, 0.29) is 30.2 Å². The standard InChI is InChI=1S/C22H20ClN5O.C20H21ClN4O.C17H17ClN4O/c1-28(2)16-10-8-15(9-11-16)24-22(29)25-21-18-12-17(14-6-4-3-5-7-14)19(23)13-20(18)26-27-21;21-17-12-18-16(11-15(17)13-7-3-1-4-8-13)19(25-24-18)23-20(26)22-14-9-5-2-6-10-14;1-10(2)19-17(23)20-16-13-8-12(11-6-4-3-5-7-11)14(18)9-15(13)21-22-16/h3-13H,1-2H3,(H3,24,25,26,27,29);1,3-4,7-8,11-12,14H,2,5-6,9-10H2,(H3,22,23,24,25,26);3-10H,1-2H3,(H3,19,20,21,22,23). The second-order valence-electron chi connectivity index (χ2n) is 19.2. The first-order chi connectivity index (χ1) is 37.8. The Kier molecular flexibility index (Phi) is 17.4. The lowest BCUT2D eigenvalue weighted by atomic mass is 9.96. The van der Waals surface area contributed by atoms with E-state index in [9.17, 15) is 14.4 Å². The number of carbonyl (C=O) groups is 3. The quantitative estimate of drug-likeness (QED) is 0.0646. The molecule has 78 heavy (non-hydrogen) atoms. The van der Waals surface area contributed by atoms with Gasteiger partial charge in [0.2, 0.25) is 0 Å². The molecule has 3 aromatic heterocycles. The van der Waals surface area contributed by atoms with Crippen molar-refractivity contribution >= 4 is 114 Å². The molecule has 6 amide bonds. The number of halogens is 3. The summed E-state index contributed by atoms with van der Waals surface area (Å²) in [5, 5.41) is 42.8. The van der Waals surface area contributed by atoms with Gasteiger partial charge in [0.1, 0.15) is 0 Å². The average molecular weight is 1100 g/mol. The zero-order valence-corrected chi connectivity index (χ0v) is 45.5. The third-order valence-electron chi connectivity index (χ3n) is 12.9. The van der Waals surface area contributed by atoms with Crippen molar-refractivity contribution in [3.63, 3.8) is 0 Å². The van der Waals surface area contributed by atoms with Crippen LogP contribution < -0.4 is 36.8 Å². The Morgan fingerprint density at radius 1 is 0.500 bits per heavy atom. The molecule has 398 valence electrons. The van der Waals surface area contributed by atoms with Gasteiger partial charge in [0.25, 0.3) is 0 Å². The Morgan fingerprint density at radius 3 is 1.27 bits per heavy atom. The van der Waals surface area contributed by atoms with Crippen LogP contribution in [0.1, 0.15) is 46.0 Å². The summed E-state index contributed by atoms with van der Waals surface area (Å²) in [7, 11) is 3.93. The van der Waals surface area contributed by atoms with Crippen molar-refractivity contribution in [3.05, 3.63) is 167 Å². The number of nitrogens with zero attached hydrogens (tertiary/aromatic N) is 4. The zero-order chi connectivity index (χ0) is 54.7. The van der Waals surface area contributed by atoms with E-state index >= 15 is 0 Å². The fraction of sp³-hybridized carbons (Fsp3) is 0.186. The van der Waals surface area contributed by atoms with Gasteiger partial charge >= 0.3 is 18.1 Å². The third kappa shape index (κ3) is 13.5. The fourth-order valence-electron chi connectivity index (χ4n) is 9.01. The van der Waals surface area contributed by atoms with Crippen molar-refractivity contribution in [2.24, 2.45) is 0 Å². The molecule has 0 spiro atoms. The number of hydrogen-bond acceptors (Lipinski definition) is 7. The molecular formula is C59H58Cl3N13O3. The molecule has 1 aliphatic rings. The summed E-state index contributed by atoms with van der Waals surface area (Å²) in [6.07, 6.45) is 5.70. The van der Waals surface area contributed by atoms with Crippen LogP contribution in [-0.2, 0) is 0 Å². The van der Waals surface area contributed by atoms with Gasteiger partial charge < -0.3 is 20.9 Å². The highest BCUT2D eigenvalue weighted by atomic mass is 35.5. The number of rotatable bonds is 10. The molecule has 0 saturated heterocycles. The van der Waals surface area contributed by atoms with Crippen molar-refractivity contribution in [1.29, 1.82) is 0 Å². The summed E-state index contributed by atoms with van der Waals surface area (Å²) >= 11 is 19.3. The van der Waals surface area contributed by atoms with Crippen LogP contribution in [0, 0.1) is 0 Å². The Hall–Kier alpha value is -8.57. The number of aromatic nitrogens is 6. The minimum Gasteiger partial charge on any atom is -0.378 e. The Labute approximate surface area is 466 Å². The molecule has 0 atom stereocenters. The summed E-state index contributed by atoms with van der Waals surface area (Å²) in [5.74, 6) is 1.44. The molecule has 3 heterocycles. The average Bonchev–Trinajstić information content (AvgIpc) is 4.16. The van der Waals surface area contributed by atoms with Gasteiger partial charge in [-0.25, -0.2) is 14.4 Å². The number of hydrogen-bond donors (Lipinski definition) is 9. The summed E-state index contributed by atoms with van der Waals surface area (Å²) in [4.78, 5) is 38.7. The van der Waals surface area contributed by atoms with Crippen LogP contribution in [0.5, 0.6) is 0 Å². The zero-order valence-electron chi connectivity index (χ0n) is 43.3. The fourth-order valence-corrected chi connectivity index (χ4v) is 9.83. The Balaban J connectivity index is 0.000000143. The van der Waals surface area contributed by atoms with Crippen LogP contribution in [0.3, 0.4) is 0 Å². The molecule has 10 aromatic rings. The van der Waals surface area contributed by atoms with Crippen molar-refractivity contribution in [1.82, 2.24) is 41.2 Å². The minimum absolute atomic E-state index is 0.0505. The predicted molar refractivity (Wildman–Crippen MR) is 319 cm³/mol. The number of anilines is 5. The van der Waals surface area contributed by atoms with E-state index in [0.717, 1.165) is 84.6 Å². The molecule has 0 radical (unpaired) electrons. The monoisotopic (exact) mass is 1100 g/mol. The van der Waals surface area contributed by atoms with Gasteiger partial charge in [0, 0.05) is 70.4 Å². The highest BCUT2D eigenvalue weighted by Crippen LogP contribution is 2.37. The van der Waals surface area contributed by atoms with Gasteiger partial charge in [0.15, 0.2) is 17.5 Å². The van der Waals surface area contributed by atoms with E-state index in [1.54, 1.807) is 0 Å². The predicted octanol–water partition coefficient (Wildman–Crippen LogP) is 15.3. The summed E-state index contributed by atoms with van der Waals surface area (Å²) in [6.45, 7) is 3.80. The number of nitrogens with one attached hydrogen (secondary N) is 9. The topological polar surface area (TPSA) is 213 Å². The largest absolute Gasteiger partial charge is 0.378 e. The molecular weight excluding hydrogens is 1050 g/mol. The molecule has 1 fully saturated rings. The van der Waals surface area contributed by atoms with E-state index < -0.39 is 0 Å². The molecule has 19 heteroatoms. The molecule has 11 rings (SSSR count). The van der Waals surface area contributed by atoms with Crippen LogP contribution in [-0.4, -0.2) is 74.9 Å². The highest BCUT2D eigenvalue weighted by Gasteiger charge is 2.19. The van der Waals surface area contributed by atoms with Crippen LogP contribution in [0.2, 0.25) is 15.1 Å². The van der Waals surface area contributed by atoms with E-state index in [1.807, 2.05) is 185 Å². The number of H-pyrrole nitrogens is 3. The third-order valence-corrected chi connectivity index (χ3v) is 13.8. The lowest BCUT2D eigenvalue weighted by molar-refractivity contribution is 0.244. The van der Waals surface area contributed by atoms with Crippen LogP contribution in [0.4, 0.5) is 43.2 Å². The van der Waals surface area contributed by atoms with Gasteiger partial charge in [-0.3, -0.25) is 31.2 Å². The number of carbonyl (C=O) groups excluding carboxylic acids is 3. The first-order valence-corrected chi connectivity index (χ1v) is 26.6. The smallest absolute Gasteiger partial charge is 0.324 e. The number of aromatic amines is 3. The second kappa shape index (κ2) is 25.1. The van der Waals surface area contributed by atoms with Crippen LogP contribution in [0.15, 0.2) is 152 Å². The SMILES string of the molecule is CC(C)NC(=O)Nc1n[nH]c2cc(Cl)c(-c3ccccc3)cc12.CN(C)c1ccc(NC(=O)Nc2n[nH]c3cc(Cl)c(-c4ccccc4)cc23)cc1.O=C(Nc1n[nH]c2cc(Cl)c(-c3ccccc3)cc12)NC1CCCCC1. The van der Waals surface area contributed by atoms with E-state index in [4.69, 9.17) is 34.8 Å². The maximum atomic E-state index is 12.5. The molecule has 0 bridgehead atoms. The minimum atomic E-state index is -0.368. The lowest BCUT2D eigenvalue weighted by Crippen LogP contribution is -2.39. The second-order valence-corrected chi connectivity index (χ2v) is 20.4. The molecule has 0 aliphatic heterocycles. The first kappa shape index (κ1) is 54.2. The maximum absolute atomic E-state index is 12.5. The summed E-state index contributed by atoms with van der Waals surface area (Å²) in [5.41, 5.74) is 9.79. The number of urea groups is 3. The summed E-state index contributed by atoms with van der Waals surface area (Å²) in [6, 6.07) is 48.0. The highest BCUT2D eigenvalue weighted by molar-refractivity contribution is 6.35. The lowest BCUT2D eigenvalue weighted by Gasteiger charge is -2.22. The molecule has 9 N–H and O–H groups in total. The van der Waals surface area contributed by atoms with Gasteiger partial charge in [-0.1, -0.05) is 145 Å². The first-order valence-electron chi connectivity index (χ1n) is 25.5. The molecule has 1 aliphatic carbocycles. The summed E-state index contributed by atoms with van der Waals surface area (Å²) < 4.78 is 0. The maximum Gasteiger partial charge on any atom is 0.324 e. The van der Waals surface area contributed by atoms with Gasteiger partial charge in [-0.05, 0) is 104 Å². The van der Waals surface area contributed by atoms with Crippen molar-refractivity contribution < 1.29 is 14.4 Å². The molecule has 0 unspecified atom stereocenters. The van der Waals surface area contributed by atoms with Crippen LogP contribution >= 0.6 is 34.8 Å². The molecule has 7 aromatic carbocycles. The van der Waals surface area contributed by atoms with Gasteiger partial charge in [-0.2, -0.15) is 15.3 Å². The van der Waals surface area contributed by atoms with Gasteiger partial charge in [-0.15, -0.1) is 0 Å². The van der Waals surface area contributed by atoms with Crippen LogP contribution in [0.25, 0.3) is 66.1 Å². The van der Waals surface area contributed by atoms with Gasteiger partial charge in [0.05, 0.1) is 31.6 Å². The molecule has 1 saturated carbocycles. The van der Waals surface area contributed by atoms with E-state index in [1.165, 1.54) is 19.3 Å². The number of amides is 6. The van der Waals surface area contributed by atoms with Crippen molar-refractivity contribution in [3.8, 4) is 33.4 Å². The van der Waals surface area contributed by atoms with E-state index in [0.29, 0.717) is 38.2 Å². The molecule has 16 nitrogen and oxygen atoms in total. The Morgan fingerprint density at radius 2 is 0.885 bits per heavy atom. The number of benzene rings is 7. The van der Waals surface area contributed by atoms with Crippen molar-refractivity contribution in [2.45, 2.75) is 58.0 Å². The number of fused-ring (bicyclic) bond motifs is 3.